The van der Waals surface area contributed by atoms with Crippen LogP contribution in [0.1, 0.15) is 0 Å². The Bertz CT molecular complexity index is 2260. The van der Waals surface area contributed by atoms with Crippen molar-refractivity contribution < 1.29 is 0 Å². The van der Waals surface area contributed by atoms with Gasteiger partial charge in [-0.3, -0.25) is 0 Å². The molecule has 0 aliphatic heterocycles. The van der Waals surface area contributed by atoms with Crippen molar-refractivity contribution in [1.29, 1.82) is 0 Å². The highest BCUT2D eigenvalue weighted by atomic mass is 15.0. The van der Waals surface area contributed by atoms with E-state index >= 15 is 0 Å². The van der Waals surface area contributed by atoms with E-state index in [1.165, 1.54) is 32.8 Å². The fraction of sp³-hybridized carbons (Fsp3) is 0. The van der Waals surface area contributed by atoms with Crippen LogP contribution in [0.3, 0.4) is 0 Å². The number of nitrogens with zero attached hydrogens (tertiary/aromatic N) is 3. The molecule has 3 heteroatoms. The number of hydrogen-bond acceptors (Lipinski definition) is 3. The summed E-state index contributed by atoms with van der Waals surface area (Å²) in [7, 11) is 0. The molecule has 0 aliphatic rings. The zero-order chi connectivity index (χ0) is 29.3. The van der Waals surface area contributed by atoms with Crippen LogP contribution in [0, 0.1) is 0 Å². The maximum absolute atomic E-state index is 5.00. The molecule has 8 aromatic rings. The van der Waals surface area contributed by atoms with Crippen molar-refractivity contribution in [3.8, 4) is 56.4 Å². The quantitative estimate of drug-likeness (QED) is 0.210. The molecule has 0 atom stereocenters. The van der Waals surface area contributed by atoms with Gasteiger partial charge in [0, 0.05) is 16.7 Å². The summed E-state index contributed by atoms with van der Waals surface area (Å²) in [4.78, 5) is 14.9. The van der Waals surface area contributed by atoms with Gasteiger partial charge in [0.25, 0.3) is 0 Å². The first-order valence-electron chi connectivity index (χ1n) is 14.8. The second-order valence-corrected chi connectivity index (χ2v) is 10.9. The Balaban J connectivity index is 1.23. The number of rotatable bonds is 5. The first kappa shape index (κ1) is 25.8. The summed E-state index contributed by atoms with van der Waals surface area (Å²) in [5, 5.41) is 4.82. The van der Waals surface area contributed by atoms with E-state index in [1.807, 2.05) is 36.4 Å². The van der Waals surface area contributed by atoms with Gasteiger partial charge in [0.05, 0.1) is 0 Å². The second-order valence-electron chi connectivity index (χ2n) is 10.9. The van der Waals surface area contributed by atoms with Crippen LogP contribution in [0.25, 0.3) is 78.0 Å². The molecule has 0 unspecified atom stereocenters. The lowest BCUT2D eigenvalue weighted by atomic mass is 9.95. The average molecular weight is 562 g/mol. The summed E-state index contributed by atoms with van der Waals surface area (Å²) in [5.41, 5.74) is 7.61. The molecule has 0 saturated carbocycles. The fourth-order valence-electron chi connectivity index (χ4n) is 5.82. The highest BCUT2D eigenvalue weighted by Gasteiger charge is 2.14. The SMILES string of the molecule is c1ccc(-c2ccc(-c3nc(-c4ccccc4)nc(-c4ccc5c(-c6ccc7ccccc7c6)cccc5c4)n3)cc2)cc1. The largest absolute Gasteiger partial charge is 0.208 e. The Morgan fingerprint density at radius 2 is 0.750 bits per heavy atom. The molecular formula is C41H27N3. The van der Waals surface area contributed by atoms with Crippen LogP contribution in [0.5, 0.6) is 0 Å². The van der Waals surface area contributed by atoms with E-state index in [1.54, 1.807) is 0 Å². The van der Waals surface area contributed by atoms with E-state index in [0.29, 0.717) is 17.5 Å². The minimum Gasteiger partial charge on any atom is -0.208 e. The van der Waals surface area contributed by atoms with Crippen molar-refractivity contribution in [3.63, 3.8) is 0 Å². The van der Waals surface area contributed by atoms with E-state index in [-0.39, 0.29) is 0 Å². The summed E-state index contributed by atoms with van der Waals surface area (Å²) in [5.74, 6) is 1.96. The zero-order valence-corrected chi connectivity index (χ0v) is 23.9. The summed E-state index contributed by atoms with van der Waals surface area (Å²) < 4.78 is 0. The molecule has 0 amide bonds. The molecular weight excluding hydrogens is 534 g/mol. The van der Waals surface area contributed by atoms with Gasteiger partial charge in [-0.05, 0) is 55.9 Å². The van der Waals surface area contributed by atoms with Crippen LogP contribution in [0.2, 0.25) is 0 Å². The molecule has 0 aliphatic carbocycles. The lowest BCUT2D eigenvalue weighted by Crippen LogP contribution is -2.00. The molecule has 3 nitrogen and oxygen atoms in total. The first-order chi connectivity index (χ1) is 21.8. The van der Waals surface area contributed by atoms with Gasteiger partial charge >= 0.3 is 0 Å². The predicted molar refractivity (Wildman–Crippen MR) is 182 cm³/mol. The molecule has 1 aromatic heterocycles. The van der Waals surface area contributed by atoms with E-state index in [2.05, 4.69) is 127 Å². The van der Waals surface area contributed by atoms with Gasteiger partial charge in [-0.15, -0.1) is 0 Å². The Labute approximate surface area is 256 Å². The first-order valence-corrected chi connectivity index (χ1v) is 14.8. The van der Waals surface area contributed by atoms with Gasteiger partial charge in [0.1, 0.15) is 0 Å². The van der Waals surface area contributed by atoms with Crippen molar-refractivity contribution in [2.45, 2.75) is 0 Å². The zero-order valence-electron chi connectivity index (χ0n) is 23.9. The Morgan fingerprint density at radius 3 is 1.48 bits per heavy atom. The smallest absolute Gasteiger partial charge is 0.164 e. The molecule has 1 heterocycles. The van der Waals surface area contributed by atoms with Crippen molar-refractivity contribution in [3.05, 3.63) is 164 Å². The summed E-state index contributed by atoms with van der Waals surface area (Å²) in [6.45, 7) is 0. The van der Waals surface area contributed by atoms with Crippen molar-refractivity contribution in [2.75, 3.05) is 0 Å². The molecule has 44 heavy (non-hydrogen) atoms. The molecule has 0 bridgehead atoms. The number of benzene rings is 7. The predicted octanol–water partition coefficient (Wildman–Crippen LogP) is 10.5. The van der Waals surface area contributed by atoms with Gasteiger partial charge in [-0.25, -0.2) is 15.0 Å². The molecule has 0 saturated heterocycles. The molecule has 8 rings (SSSR count). The van der Waals surface area contributed by atoms with Gasteiger partial charge in [0.15, 0.2) is 17.5 Å². The standard InChI is InChI=1S/C41H27N3/c1-3-10-28(11-4-1)30-18-21-32(22-19-30)40-42-39(31-13-5-2-6-14-31)43-41(44-40)36-24-25-38-34(27-36)16-9-17-37(38)35-23-20-29-12-7-8-15-33(29)26-35/h1-27H. The fourth-order valence-corrected chi connectivity index (χ4v) is 5.82. The Kier molecular flexibility index (Phi) is 6.47. The molecule has 0 fully saturated rings. The summed E-state index contributed by atoms with van der Waals surface area (Å²) >= 11 is 0. The van der Waals surface area contributed by atoms with Crippen molar-refractivity contribution >= 4 is 21.5 Å². The van der Waals surface area contributed by atoms with Crippen LogP contribution in [-0.2, 0) is 0 Å². The Morgan fingerprint density at radius 1 is 0.273 bits per heavy atom. The lowest BCUT2D eigenvalue weighted by Gasteiger charge is -2.11. The van der Waals surface area contributed by atoms with Gasteiger partial charge < -0.3 is 0 Å². The Hall–Kier alpha value is -5.93. The average Bonchev–Trinajstić information content (AvgIpc) is 3.11. The van der Waals surface area contributed by atoms with Gasteiger partial charge in [0.2, 0.25) is 0 Å². The molecule has 0 spiro atoms. The number of hydrogen-bond donors (Lipinski definition) is 0. The summed E-state index contributed by atoms with van der Waals surface area (Å²) in [6.07, 6.45) is 0. The number of aromatic nitrogens is 3. The van der Waals surface area contributed by atoms with Crippen LogP contribution in [0.15, 0.2) is 164 Å². The maximum atomic E-state index is 5.00. The van der Waals surface area contributed by atoms with Crippen LogP contribution in [-0.4, -0.2) is 15.0 Å². The molecule has 206 valence electrons. The molecule has 0 radical (unpaired) electrons. The van der Waals surface area contributed by atoms with E-state index in [0.717, 1.165) is 27.6 Å². The topological polar surface area (TPSA) is 38.7 Å². The van der Waals surface area contributed by atoms with Crippen LogP contribution < -0.4 is 0 Å². The molecule has 0 N–H and O–H groups in total. The highest BCUT2D eigenvalue weighted by Crippen LogP contribution is 2.34. The second kappa shape index (κ2) is 11.0. The minimum absolute atomic E-state index is 0.651. The minimum atomic E-state index is 0.651. The molecule has 7 aromatic carbocycles. The van der Waals surface area contributed by atoms with Crippen LogP contribution >= 0.6 is 0 Å². The van der Waals surface area contributed by atoms with Crippen molar-refractivity contribution in [2.24, 2.45) is 0 Å². The van der Waals surface area contributed by atoms with Crippen molar-refractivity contribution in [1.82, 2.24) is 15.0 Å². The summed E-state index contributed by atoms with van der Waals surface area (Å²) in [6, 6.07) is 57.1. The normalized spacial score (nSPS) is 11.2. The monoisotopic (exact) mass is 561 g/mol. The lowest BCUT2D eigenvalue weighted by molar-refractivity contribution is 1.07. The van der Waals surface area contributed by atoms with Crippen LogP contribution in [0.4, 0.5) is 0 Å². The van der Waals surface area contributed by atoms with E-state index in [9.17, 15) is 0 Å². The third kappa shape index (κ3) is 4.91. The van der Waals surface area contributed by atoms with Gasteiger partial charge in [-0.1, -0.05) is 152 Å². The maximum Gasteiger partial charge on any atom is 0.164 e. The number of fused-ring (bicyclic) bond motifs is 2. The third-order valence-corrected chi connectivity index (χ3v) is 8.12. The highest BCUT2D eigenvalue weighted by molar-refractivity contribution is 6.00. The van der Waals surface area contributed by atoms with E-state index < -0.39 is 0 Å². The van der Waals surface area contributed by atoms with E-state index in [4.69, 9.17) is 15.0 Å². The van der Waals surface area contributed by atoms with Gasteiger partial charge in [-0.2, -0.15) is 0 Å². The third-order valence-electron chi connectivity index (χ3n) is 8.12.